The fourth-order valence-electron chi connectivity index (χ4n) is 1.33. The lowest BCUT2D eigenvalue weighted by Gasteiger charge is -2.02. The summed E-state index contributed by atoms with van der Waals surface area (Å²) in [5.74, 6) is 0.727. The molecule has 2 atom stereocenters. The Balaban J connectivity index is 2.22. The molecular formula is C6H14N2. The van der Waals surface area contributed by atoms with Gasteiger partial charge in [0, 0.05) is 6.04 Å². The van der Waals surface area contributed by atoms with Crippen LogP contribution in [0.1, 0.15) is 19.3 Å². The summed E-state index contributed by atoms with van der Waals surface area (Å²) in [4.78, 5) is 0. The Hall–Kier alpha value is -0.0800. The quantitative estimate of drug-likeness (QED) is 0.507. The topological polar surface area (TPSA) is 52.0 Å². The smallest absolute Gasteiger partial charge is 0.00420 e. The van der Waals surface area contributed by atoms with Crippen LogP contribution in [-0.4, -0.2) is 12.6 Å². The molecule has 0 aliphatic heterocycles. The van der Waals surface area contributed by atoms with Gasteiger partial charge in [-0.05, 0) is 31.7 Å². The Morgan fingerprint density at radius 2 is 2.12 bits per heavy atom. The second kappa shape index (κ2) is 2.46. The molecule has 0 radical (unpaired) electrons. The Kier molecular flexibility index (Phi) is 1.86. The van der Waals surface area contributed by atoms with E-state index in [1.54, 1.807) is 0 Å². The first-order valence-electron chi connectivity index (χ1n) is 3.28. The van der Waals surface area contributed by atoms with E-state index in [1.165, 1.54) is 12.8 Å². The molecule has 0 aromatic heterocycles. The average Bonchev–Trinajstić information content (AvgIpc) is 2.14. The zero-order chi connectivity index (χ0) is 5.98. The van der Waals surface area contributed by atoms with Gasteiger partial charge in [-0.15, -0.1) is 0 Å². The molecule has 2 nitrogen and oxygen atoms in total. The third-order valence-electron chi connectivity index (χ3n) is 1.92. The summed E-state index contributed by atoms with van der Waals surface area (Å²) >= 11 is 0. The highest BCUT2D eigenvalue weighted by Gasteiger charge is 2.19. The summed E-state index contributed by atoms with van der Waals surface area (Å²) in [5, 5.41) is 0. The first-order valence-corrected chi connectivity index (χ1v) is 3.28. The van der Waals surface area contributed by atoms with E-state index in [0.29, 0.717) is 6.04 Å². The molecule has 48 valence electrons. The Bertz CT molecular complexity index is 72.9. The monoisotopic (exact) mass is 114 g/mol. The molecule has 1 rings (SSSR count). The van der Waals surface area contributed by atoms with Crippen LogP contribution in [0.2, 0.25) is 0 Å². The van der Waals surface area contributed by atoms with Gasteiger partial charge >= 0.3 is 0 Å². The molecule has 0 bridgehead atoms. The van der Waals surface area contributed by atoms with Crippen LogP contribution < -0.4 is 11.5 Å². The molecule has 0 aromatic rings. The Morgan fingerprint density at radius 1 is 1.38 bits per heavy atom. The van der Waals surface area contributed by atoms with Crippen LogP contribution in [0.4, 0.5) is 0 Å². The molecule has 0 saturated heterocycles. The maximum absolute atomic E-state index is 5.65. The third-order valence-corrected chi connectivity index (χ3v) is 1.92. The Morgan fingerprint density at radius 3 is 2.38 bits per heavy atom. The maximum atomic E-state index is 5.65. The highest BCUT2D eigenvalue weighted by Crippen LogP contribution is 2.22. The first kappa shape index (κ1) is 6.05. The number of rotatable bonds is 1. The number of hydrogen-bond donors (Lipinski definition) is 2. The van der Waals surface area contributed by atoms with E-state index in [-0.39, 0.29) is 0 Å². The lowest BCUT2D eigenvalue weighted by atomic mass is 10.1. The molecule has 1 aliphatic rings. The van der Waals surface area contributed by atoms with Gasteiger partial charge in [0.25, 0.3) is 0 Å². The van der Waals surface area contributed by atoms with Gasteiger partial charge < -0.3 is 11.5 Å². The molecule has 2 unspecified atom stereocenters. The minimum absolute atomic E-state index is 0.448. The Labute approximate surface area is 50.2 Å². The first-order chi connectivity index (χ1) is 3.83. The van der Waals surface area contributed by atoms with E-state index >= 15 is 0 Å². The molecular weight excluding hydrogens is 100 g/mol. The van der Waals surface area contributed by atoms with E-state index < -0.39 is 0 Å². The molecule has 0 aromatic carbocycles. The molecule has 0 amide bonds. The highest BCUT2D eigenvalue weighted by atomic mass is 14.7. The second-order valence-electron chi connectivity index (χ2n) is 2.67. The van der Waals surface area contributed by atoms with Gasteiger partial charge in [0.15, 0.2) is 0 Å². The van der Waals surface area contributed by atoms with E-state index in [9.17, 15) is 0 Å². The molecule has 0 spiro atoms. The summed E-state index contributed by atoms with van der Waals surface area (Å²) in [6.07, 6.45) is 3.58. The van der Waals surface area contributed by atoms with Gasteiger partial charge in [0.05, 0.1) is 0 Å². The van der Waals surface area contributed by atoms with Crippen molar-refractivity contribution in [1.29, 1.82) is 0 Å². The highest BCUT2D eigenvalue weighted by molar-refractivity contribution is 4.77. The van der Waals surface area contributed by atoms with Crippen molar-refractivity contribution in [2.24, 2.45) is 17.4 Å². The van der Waals surface area contributed by atoms with Gasteiger partial charge in [-0.2, -0.15) is 0 Å². The summed E-state index contributed by atoms with van der Waals surface area (Å²) in [5.41, 5.74) is 11.1. The number of hydrogen-bond acceptors (Lipinski definition) is 2. The SMILES string of the molecule is NCC1CCC(N)C1. The van der Waals surface area contributed by atoms with Crippen LogP contribution in [0.5, 0.6) is 0 Å². The largest absolute Gasteiger partial charge is 0.330 e. The van der Waals surface area contributed by atoms with E-state index in [2.05, 4.69) is 0 Å². The van der Waals surface area contributed by atoms with Crippen LogP contribution in [0.3, 0.4) is 0 Å². The van der Waals surface area contributed by atoms with Crippen molar-refractivity contribution in [2.45, 2.75) is 25.3 Å². The normalized spacial score (nSPS) is 38.2. The van der Waals surface area contributed by atoms with Crippen LogP contribution in [-0.2, 0) is 0 Å². The van der Waals surface area contributed by atoms with Crippen molar-refractivity contribution in [2.75, 3.05) is 6.54 Å². The lowest BCUT2D eigenvalue weighted by Crippen LogP contribution is -2.17. The molecule has 8 heavy (non-hydrogen) atoms. The molecule has 2 heteroatoms. The number of nitrogens with two attached hydrogens (primary N) is 2. The van der Waals surface area contributed by atoms with Crippen molar-refractivity contribution in [3.63, 3.8) is 0 Å². The van der Waals surface area contributed by atoms with Crippen LogP contribution in [0.25, 0.3) is 0 Å². The molecule has 1 fully saturated rings. The fourth-order valence-corrected chi connectivity index (χ4v) is 1.33. The van der Waals surface area contributed by atoms with Crippen molar-refractivity contribution >= 4 is 0 Å². The summed E-state index contributed by atoms with van der Waals surface area (Å²) in [6.45, 7) is 0.827. The summed E-state index contributed by atoms with van der Waals surface area (Å²) in [6, 6.07) is 0.448. The minimum Gasteiger partial charge on any atom is -0.330 e. The maximum Gasteiger partial charge on any atom is 0.00420 e. The zero-order valence-electron chi connectivity index (χ0n) is 5.14. The summed E-state index contributed by atoms with van der Waals surface area (Å²) < 4.78 is 0. The standard InChI is InChI=1S/C6H14N2/c7-4-5-1-2-6(8)3-5/h5-6H,1-4,7-8H2. The van der Waals surface area contributed by atoms with Gasteiger partial charge in [0.1, 0.15) is 0 Å². The zero-order valence-corrected chi connectivity index (χ0v) is 5.14. The molecule has 1 saturated carbocycles. The van der Waals surface area contributed by atoms with Crippen LogP contribution >= 0.6 is 0 Å². The molecule has 4 N–H and O–H groups in total. The van der Waals surface area contributed by atoms with Crippen molar-refractivity contribution in [3.8, 4) is 0 Å². The van der Waals surface area contributed by atoms with E-state index in [0.717, 1.165) is 18.9 Å². The molecule has 0 heterocycles. The third kappa shape index (κ3) is 1.20. The molecule has 1 aliphatic carbocycles. The predicted molar refractivity (Wildman–Crippen MR) is 34.4 cm³/mol. The average molecular weight is 114 g/mol. The van der Waals surface area contributed by atoms with Gasteiger partial charge in [0.2, 0.25) is 0 Å². The van der Waals surface area contributed by atoms with Crippen LogP contribution in [0.15, 0.2) is 0 Å². The van der Waals surface area contributed by atoms with Crippen molar-refractivity contribution < 1.29 is 0 Å². The summed E-state index contributed by atoms with van der Waals surface area (Å²) in [7, 11) is 0. The minimum atomic E-state index is 0.448. The predicted octanol–water partition coefficient (Wildman–Crippen LogP) is 0.0725. The van der Waals surface area contributed by atoms with Gasteiger partial charge in [-0.3, -0.25) is 0 Å². The van der Waals surface area contributed by atoms with Crippen molar-refractivity contribution in [1.82, 2.24) is 0 Å². The van der Waals surface area contributed by atoms with Gasteiger partial charge in [-0.25, -0.2) is 0 Å². The lowest BCUT2D eigenvalue weighted by molar-refractivity contribution is 0.550. The fraction of sp³-hybridized carbons (Fsp3) is 1.00. The van der Waals surface area contributed by atoms with E-state index in [1.807, 2.05) is 0 Å². The van der Waals surface area contributed by atoms with Crippen LogP contribution in [0, 0.1) is 5.92 Å². The van der Waals surface area contributed by atoms with Crippen molar-refractivity contribution in [3.05, 3.63) is 0 Å². The van der Waals surface area contributed by atoms with Gasteiger partial charge in [-0.1, -0.05) is 0 Å². The second-order valence-corrected chi connectivity index (χ2v) is 2.67. The van der Waals surface area contributed by atoms with E-state index in [4.69, 9.17) is 11.5 Å².